The molecule has 1 N–H and O–H groups in total. The lowest BCUT2D eigenvalue weighted by molar-refractivity contribution is -0.156. The molecular weight excluding hydrogens is 377 g/mol. The van der Waals surface area contributed by atoms with Crippen molar-refractivity contribution in [3.8, 4) is 0 Å². The van der Waals surface area contributed by atoms with E-state index in [2.05, 4.69) is 0 Å². The predicted molar refractivity (Wildman–Crippen MR) is 94.8 cm³/mol. The molecule has 1 fully saturated rings. The Balaban J connectivity index is 1.71. The fraction of sp³-hybridized carbons (Fsp3) is 0.421. The van der Waals surface area contributed by atoms with Crippen molar-refractivity contribution in [3.05, 3.63) is 42.0 Å². The molecular formula is C19H21F3N2O4. The lowest BCUT2D eigenvalue weighted by Crippen LogP contribution is -2.41. The zero-order valence-corrected chi connectivity index (χ0v) is 15.1. The van der Waals surface area contributed by atoms with Gasteiger partial charge in [-0.2, -0.15) is 13.2 Å². The summed E-state index contributed by atoms with van der Waals surface area (Å²) in [5.74, 6) is -2.31. The number of carbonyl (C=O) groups is 3. The molecule has 1 saturated heterocycles. The molecule has 0 saturated carbocycles. The molecule has 0 bridgehead atoms. The number of amides is 2. The standard InChI is InChI=1S/C19H21F3N2O4/c20-19(21,22)13-23-16(25)12-28-18(27)15-8-10-24(11-9-15)17(26)7-6-14-4-2-1-3-5-14/h1-7,15H,8-13H2,(H,23,25)/b7-6+. The molecule has 2 amide bonds. The van der Waals surface area contributed by atoms with Crippen LogP contribution >= 0.6 is 0 Å². The topological polar surface area (TPSA) is 75.7 Å². The molecule has 1 heterocycles. The van der Waals surface area contributed by atoms with Gasteiger partial charge in [0.05, 0.1) is 5.92 Å². The van der Waals surface area contributed by atoms with Gasteiger partial charge in [0.1, 0.15) is 6.54 Å². The van der Waals surface area contributed by atoms with E-state index in [1.807, 2.05) is 30.3 Å². The lowest BCUT2D eigenvalue weighted by atomic mass is 9.97. The van der Waals surface area contributed by atoms with Gasteiger partial charge in [-0.3, -0.25) is 14.4 Å². The maximum absolute atomic E-state index is 12.2. The molecule has 0 spiro atoms. The van der Waals surface area contributed by atoms with E-state index < -0.39 is 37.1 Å². The van der Waals surface area contributed by atoms with Gasteiger partial charge in [0.2, 0.25) is 5.91 Å². The quantitative estimate of drug-likeness (QED) is 0.589. The molecule has 1 aliphatic heterocycles. The van der Waals surface area contributed by atoms with Crippen LogP contribution in [0.25, 0.3) is 6.08 Å². The van der Waals surface area contributed by atoms with Crippen molar-refractivity contribution in [1.29, 1.82) is 0 Å². The van der Waals surface area contributed by atoms with E-state index in [1.165, 1.54) is 6.08 Å². The molecule has 152 valence electrons. The summed E-state index contributed by atoms with van der Waals surface area (Å²) < 4.78 is 40.8. The van der Waals surface area contributed by atoms with Crippen molar-refractivity contribution in [3.63, 3.8) is 0 Å². The highest BCUT2D eigenvalue weighted by molar-refractivity contribution is 5.92. The minimum Gasteiger partial charge on any atom is -0.455 e. The molecule has 6 nitrogen and oxygen atoms in total. The molecule has 0 unspecified atom stereocenters. The summed E-state index contributed by atoms with van der Waals surface area (Å²) in [6.45, 7) is -1.51. The van der Waals surface area contributed by atoms with Crippen molar-refractivity contribution in [1.82, 2.24) is 10.2 Å². The first-order valence-electron chi connectivity index (χ1n) is 8.77. The molecule has 9 heteroatoms. The Hall–Kier alpha value is -2.84. The number of benzene rings is 1. The van der Waals surface area contributed by atoms with E-state index in [9.17, 15) is 27.6 Å². The Morgan fingerprint density at radius 3 is 2.39 bits per heavy atom. The van der Waals surface area contributed by atoms with Gasteiger partial charge in [-0.15, -0.1) is 0 Å². The minimum atomic E-state index is -4.52. The number of carbonyl (C=O) groups excluding carboxylic acids is 3. The summed E-state index contributed by atoms with van der Waals surface area (Å²) in [7, 11) is 0. The molecule has 0 radical (unpaired) electrons. The number of alkyl halides is 3. The molecule has 0 aromatic heterocycles. The van der Waals surface area contributed by atoms with Crippen molar-refractivity contribution in [2.45, 2.75) is 19.0 Å². The normalized spacial score (nSPS) is 15.5. The number of likely N-dealkylation sites (tertiary alicyclic amines) is 1. The van der Waals surface area contributed by atoms with Crippen molar-refractivity contribution in [2.24, 2.45) is 5.92 Å². The molecule has 28 heavy (non-hydrogen) atoms. The zero-order valence-electron chi connectivity index (χ0n) is 15.1. The SMILES string of the molecule is O=C(COC(=O)C1CCN(C(=O)/C=C/c2ccccc2)CC1)NCC(F)(F)F. The summed E-state index contributed by atoms with van der Waals surface area (Å²) >= 11 is 0. The van der Waals surface area contributed by atoms with Crippen LogP contribution < -0.4 is 5.32 Å². The first kappa shape index (κ1) is 21.5. The minimum absolute atomic E-state index is 0.165. The fourth-order valence-corrected chi connectivity index (χ4v) is 2.68. The van der Waals surface area contributed by atoms with Gasteiger partial charge >= 0.3 is 12.1 Å². The van der Waals surface area contributed by atoms with Crippen molar-refractivity contribution < 1.29 is 32.3 Å². The Morgan fingerprint density at radius 2 is 1.79 bits per heavy atom. The third-order valence-corrected chi connectivity index (χ3v) is 4.19. The molecule has 2 rings (SSSR count). The maximum atomic E-state index is 12.2. The van der Waals surface area contributed by atoms with E-state index in [0.717, 1.165) is 5.56 Å². The maximum Gasteiger partial charge on any atom is 0.405 e. The van der Waals surface area contributed by atoms with Crippen LogP contribution in [0, 0.1) is 5.92 Å². The third-order valence-electron chi connectivity index (χ3n) is 4.19. The molecule has 1 aromatic carbocycles. The van der Waals surface area contributed by atoms with Crippen LogP contribution in [0.15, 0.2) is 36.4 Å². The average molecular weight is 398 g/mol. The predicted octanol–water partition coefficient (Wildman–Crippen LogP) is 2.16. The fourth-order valence-electron chi connectivity index (χ4n) is 2.68. The van der Waals surface area contributed by atoms with Crippen LogP contribution in [0.5, 0.6) is 0 Å². The van der Waals surface area contributed by atoms with E-state index in [4.69, 9.17) is 4.74 Å². The Kier molecular flexibility index (Phi) is 7.60. The largest absolute Gasteiger partial charge is 0.455 e. The number of hydrogen-bond acceptors (Lipinski definition) is 4. The first-order valence-corrected chi connectivity index (χ1v) is 8.77. The van der Waals surface area contributed by atoms with Gasteiger partial charge in [-0.05, 0) is 24.5 Å². The highest BCUT2D eigenvalue weighted by Crippen LogP contribution is 2.19. The second kappa shape index (κ2) is 9.91. The van der Waals surface area contributed by atoms with E-state index in [0.29, 0.717) is 25.9 Å². The van der Waals surface area contributed by atoms with Crippen LogP contribution in [-0.4, -0.2) is 55.1 Å². The number of nitrogens with one attached hydrogen (secondary N) is 1. The first-order chi connectivity index (χ1) is 13.2. The summed E-state index contributed by atoms with van der Waals surface area (Å²) in [5, 5.41) is 1.63. The van der Waals surface area contributed by atoms with Crippen molar-refractivity contribution >= 4 is 23.9 Å². The number of piperidine rings is 1. The Bertz CT molecular complexity index is 712. The van der Waals surface area contributed by atoms with E-state index in [1.54, 1.807) is 16.3 Å². The van der Waals surface area contributed by atoms with Crippen LogP contribution in [0.3, 0.4) is 0 Å². The van der Waals surface area contributed by atoms with Crippen LogP contribution in [-0.2, 0) is 19.1 Å². The summed E-state index contributed by atoms with van der Waals surface area (Å²) in [4.78, 5) is 37.0. The van der Waals surface area contributed by atoms with E-state index >= 15 is 0 Å². The van der Waals surface area contributed by atoms with Crippen LogP contribution in [0.4, 0.5) is 13.2 Å². The average Bonchev–Trinajstić information content (AvgIpc) is 2.69. The highest BCUT2D eigenvalue weighted by Gasteiger charge is 2.29. The smallest absolute Gasteiger partial charge is 0.405 e. The van der Waals surface area contributed by atoms with Gasteiger partial charge in [-0.1, -0.05) is 30.3 Å². The number of halogens is 3. The molecule has 1 aromatic rings. The monoisotopic (exact) mass is 398 g/mol. The second-order valence-electron chi connectivity index (χ2n) is 6.34. The van der Waals surface area contributed by atoms with Crippen LogP contribution in [0.1, 0.15) is 18.4 Å². The van der Waals surface area contributed by atoms with Crippen LogP contribution in [0.2, 0.25) is 0 Å². The molecule has 0 atom stereocenters. The van der Waals surface area contributed by atoms with Gasteiger partial charge in [0.25, 0.3) is 5.91 Å². The summed E-state index contributed by atoms with van der Waals surface area (Å²) in [6.07, 6.45) is -0.600. The lowest BCUT2D eigenvalue weighted by Gasteiger charge is -2.30. The Morgan fingerprint density at radius 1 is 1.14 bits per heavy atom. The zero-order chi connectivity index (χ0) is 20.6. The summed E-state index contributed by atoms with van der Waals surface area (Å²) in [5.41, 5.74) is 0.901. The second-order valence-corrected chi connectivity index (χ2v) is 6.34. The number of hydrogen-bond donors (Lipinski definition) is 1. The molecule has 0 aliphatic carbocycles. The van der Waals surface area contributed by atoms with E-state index in [-0.39, 0.29) is 5.91 Å². The third kappa shape index (κ3) is 7.42. The number of rotatable bonds is 6. The van der Waals surface area contributed by atoms with Gasteiger partial charge in [-0.25, -0.2) is 0 Å². The van der Waals surface area contributed by atoms with Crippen molar-refractivity contribution in [2.75, 3.05) is 26.2 Å². The van der Waals surface area contributed by atoms with Gasteiger partial charge < -0.3 is 15.0 Å². The molecule has 1 aliphatic rings. The van der Waals surface area contributed by atoms with Gasteiger partial charge in [0, 0.05) is 19.2 Å². The number of esters is 1. The van der Waals surface area contributed by atoms with Gasteiger partial charge in [0.15, 0.2) is 6.61 Å². The number of ether oxygens (including phenoxy) is 1. The highest BCUT2D eigenvalue weighted by atomic mass is 19.4. The Labute approximate surface area is 160 Å². The summed E-state index contributed by atoms with van der Waals surface area (Å²) in [6, 6.07) is 9.35. The number of nitrogens with zero attached hydrogens (tertiary/aromatic N) is 1.